The highest BCUT2D eigenvalue weighted by Gasteiger charge is 2.24. The molecule has 0 fully saturated rings. The molecule has 0 saturated carbocycles. The Labute approximate surface area is 159 Å². The van der Waals surface area contributed by atoms with Crippen molar-refractivity contribution in [3.63, 3.8) is 0 Å². The second kappa shape index (κ2) is 8.93. The van der Waals surface area contributed by atoms with Gasteiger partial charge < -0.3 is 30.1 Å². The van der Waals surface area contributed by atoms with Crippen LogP contribution in [0.15, 0.2) is 18.3 Å². The van der Waals surface area contributed by atoms with E-state index in [0.29, 0.717) is 11.5 Å². The molecule has 0 saturated heterocycles. The van der Waals surface area contributed by atoms with Crippen LogP contribution in [0.1, 0.15) is 11.5 Å². The summed E-state index contributed by atoms with van der Waals surface area (Å²) < 4.78 is 8.34. The molecular formula is C15H20ClN5O6. The summed E-state index contributed by atoms with van der Waals surface area (Å²) in [6, 6.07) is 3.02. The molecule has 2 rings (SSSR count). The molecule has 0 spiro atoms. The maximum atomic E-state index is 11.1. The Morgan fingerprint density at radius 3 is 2.44 bits per heavy atom. The third-order valence-electron chi connectivity index (χ3n) is 4.06. The summed E-state index contributed by atoms with van der Waals surface area (Å²) in [6.07, 6.45) is -0.494. The minimum absolute atomic E-state index is 0.0613. The molecule has 2 aromatic rings. The molecule has 0 aliphatic heterocycles. The summed E-state index contributed by atoms with van der Waals surface area (Å²) in [6.45, 7) is 3.26. The molecule has 12 heteroatoms. The molecule has 0 radical (unpaired) electrons. The molecule has 2 aromatic heterocycles. The van der Waals surface area contributed by atoms with Gasteiger partial charge >= 0.3 is 11.6 Å². The van der Waals surface area contributed by atoms with E-state index in [0.717, 1.165) is 6.20 Å². The van der Waals surface area contributed by atoms with Gasteiger partial charge in [0.1, 0.15) is 37.2 Å². The summed E-state index contributed by atoms with van der Waals surface area (Å²) in [5.74, 6) is 0.162. The van der Waals surface area contributed by atoms with Crippen molar-refractivity contribution in [2.75, 3.05) is 12.5 Å². The molecule has 0 aliphatic carbocycles. The average Bonchev–Trinajstić information content (AvgIpc) is 3.15. The molecule has 2 atom stereocenters. The van der Waals surface area contributed by atoms with Crippen molar-refractivity contribution in [2.24, 2.45) is 0 Å². The first-order valence-corrected chi connectivity index (χ1v) is 8.60. The predicted molar refractivity (Wildman–Crippen MR) is 95.9 cm³/mol. The summed E-state index contributed by atoms with van der Waals surface area (Å²) in [4.78, 5) is 24.9. The number of aliphatic hydroxyl groups is 1. The number of aliphatic hydroxyl groups excluding tert-OH is 1. The van der Waals surface area contributed by atoms with Gasteiger partial charge in [0.15, 0.2) is 5.82 Å². The number of aryl methyl sites for hydroxylation is 2. The van der Waals surface area contributed by atoms with Crippen molar-refractivity contribution in [2.45, 2.75) is 39.1 Å². The van der Waals surface area contributed by atoms with Gasteiger partial charge in [-0.3, -0.25) is 0 Å². The highest BCUT2D eigenvalue weighted by Crippen LogP contribution is 2.19. The largest absolute Gasteiger partial charge is 0.387 e. The lowest BCUT2D eigenvalue weighted by Crippen LogP contribution is -2.30. The molecule has 148 valence electrons. The van der Waals surface area contributed by atoms with E-state index in [-0.39, 0.29) is 37.2 Å². The second-order valence-corrected chi connectivity index (χ2v) is 6.30. The summed E-state index contributed by atoms with van der Waals surface area (Å²) >= 11 is 5.89. The number of hydrogen-bond donors (Lipinski definition) is 1. The van der Waals surface area contributed by atoms with Crippen LogP contribution in [0.2, 0.25) is 0 Å². The first-order valence-electron chi connectivity index (χ1n) is 8.07. The average molecular weight is 402 g/mol. The van der Waals surface area contributed by atoms with Gasteiger partial charge in [-0.15, -0.1) is 11.6 Å². The van der Waals surface area contributed by atoms with E-state index in [1.807, 2.05) is 0 Å². The normalized spacial score (nSPS) is 13.5. The van der Waals surface area contributed by atoms with Crippen molar-refractivity contribution in [3.8, 4) is 0 Å². The van der Waals surface area contributed by atoms with Crippen molar-refractivity contribution >= 4 is 23.2 Å². The highest BCUT2D eigenvalue weighted by molar-refractivity contribution is 6.18. The van der Waals surface area contributed by atoms with Crippen molar-refractivity contribution in [3.05, 3.63) is 50.1 Å². The van der Waals surface area contributed by atoms with Gasteiger partial charge in [-0.05, 0) is 22.8 Å². The standard InChI is InChI=1S/C15H20ClN5O6/c1-10-3-4-14(20(23)24)18(10)8-13(5-16)27-9-12(22)7-19-11(2)17-6-15(19)21(25)26/h3-4,6,12-13,22H,5,7-9H2,1-2H3. The quantitative estimate of drug-likeness (QED) is 0.363. The van der Waals surface area contributed by atoms with Gasteiger partial charge in [0.2, 0.25) is 0 Å². The van der Waals surface area contributed by atoms with Gasteiger partial charge in [0, 0.05) is 13.0 Å². The third kappa shape index (κ3) is 5.02. The maximum absolute atomic E-state index is 11.1. The minimum atomic E-state index is -1.04. The number of halogens is 1. The van der Waals surface area contributed by atoms with Gasteiger partial charge in [-0.2, -0.15) is 0 Å². The minimum Gasteiger partial charge on any atom is -0.387 e. The number of ether oxygens (including phenoxy) is 1. The number of hydrogen-bond acceptors (Lipinski definition) is 7. The molecule has 27 heavy (non-hydrogen) atoms. The maximum Gasteiger partial charge on any atom is 0.342 e. The highest BCUT2D eigenvalue weighted by atomic mass is 35.5. The lowest BCUT2D eigenvalue weighted by molar-refractivity contribution is -0.392. The van der Waals surface area contributed by atoms with Gasteiger partial charge in [-0.25, -0.2) is 14.1 Å². The first-order chi connectivity index (χ1) is 12.7. The zero-order valence-corrected chi connectivity index (χ0v) is 15.6. The van der Waals surface area contributed by atoms with Crippen molar-refractivity contribution in [1.29, 1.82) is 0 Å². The molecule has 0 aromatic carbocycles. The molecule has 2 heterocycles. The lowest BCUT2D eigenvalue weighted by Gasteiger charge is -2.17. The molecule has 0 bridgehead atoms. The molecule has 11 nitrogen and oxygen atoms in total. The van der Waals surface area contributed by atoms with E-state index in [4.69, 9.17) is 16.3 Å². The van der Waals surface area contributed by atoms with Crippen LogP contribution >= 0.6 is 11.6 Å². The van der Waals surface area contributed by atoms with Crippen LogP contribution in [0.25, 0.3) is 0 Å². The van der Waals surface area contributed by atoms with Crippen LogP contribution in [-0.2, 0) is 17.8 Å². The van der Waals surface area contributed by atoms with Gasteiger partial charge in [0.05, 0.1) is 12.5 Å². The van der Waals surface area contributed by atoms with E-state index in [1.165, 1.54) is 15.2 Å². The molecule has 0 aliphatic rings. The lowest BCUT2D eigenvalue weighted by atomic mass is 10.3. The van der Waals surface area contributed by atoms with E-state index in [9.17, 15) is 25.3 Å². The van der Waals surface area contributed by atoms with E-state index in [1.54, 1.807) is 19.9 Å². The number of aromatic nitrogens is 3. The Morgan fingerprint density at radius 1 is 1.19 bits per heavy atom. The van der Waals surface area contributed by atoms with Crippen LogP contribution in [-0.4, -0.2) is 53.8 Å². The second-order valence-electron chi connectivity index (χ2n) is 6.00. The topological polar surface area (TPSA) is 138 Å². The fraction of sp³-hybridized carbons (Fsp3) is 0.533. The fourth-order valence-electron chi connectivity index (χ4n) is 2.64. The van der Waals surface area contributed by atoms with Crippen LogP contribution in [0.5, 0.6) is 0 Å². The van der Waals surface area contributed by atoms with Gasteiger partial charge in [-0.1, -0.05) is 0 Å². The van der Waals surface area contributed by atoms with E-state index < -0.39 is 22.1 Å². The first kappa shape index (κ1) is 20.8. The fourth-order valence-corrected chi connectivity index (χ4v) is 2.83. The Kier molecular flexibility index (Phi) is 6.88. The smallest absolute Gasteiger partial charge is 0.342 e. The van der Waals surface area contributed by atoms with E-state index >= 15 is 0 Å². The van der Waals surface area contributed by atoms with E-state index in [2.05, 4.69) is 4.98 Å². The summed E-state index contributed by atoms with van der Waals surface area (Å²) in [7, 11) is 0. The van der Waals surface area contributed by atoms with Gasteiger partial charge in [0.25, 0.3) is 0 Å². The summed E-state index contributed by atoms with van der Waals surface area (Å²) in [5.41, 5.74) is 0.686. The number of rotatable bonds is 10. The van der Waals surface area contributed by atoms with Crippen LogP contribution in [0, 0.1) is 34.1 Å². The predicted octanol–water partition coefficient (Wildman–Crippen LogP) is 1.80. The SMILES string of the molecule is Cc1ccc([N+](=O)[O-])n1CC(CCl)OCC(O)Cn1c([N+](=O)[O-])cnc1C. The summed E-state index contributed by atoms with van der Waals surface area (Å²) in [5, 5.41) is 32.2. The monoisotopic (exact) mass is 401 g/mol. The zero-order valence-electron chi connectivity index (χ0n) is 14.8. The zero-order chi connectivity index (χ0) is 20.1. The molecular weight excluding hydrogens is 382 g/mol. The third-order valence-corrected chi connectivity index (χ3v) is 4.40. The van der Waals surface area contributed by atoms with Crippen molar-refractivity contribution in [1.82, 2.24) is 14.1 Å². The van der Waals surface area contributed by atoms with Crippen molar-refractivity contribution < 1.29 is 19.7 Å². The number of alkyl halides is 1. The Balaban J connectivity index is 1.98. The molecule has 2 unspecified atom stereocenters. The number of nitro groups is 2. The van der Waals surface area contributed by atoms with Crippen LogP contribution < -0.4 is 0 Å². The van der Waals surface area contributed by atoms with Crippen LogP contribution in [0.4, 0.5) is 11.6 Å². The number of nitrogens with zero attached hydrogens (tertiary/aromatic N) is 5. The molecule has 0 amide bonds. The Morgan fingerprint density at radius 2 is 1.85 bits per heavy atom. The van der Waals surface area contributed by atoms with Crippen LogP contribution in [0.3, 0.4) is 0 Å². The Hall–Kier alpha value is -2.50. The number of imidazole rings is 1. The Bertz CT molecular complexity index is 820. The molecule has 1 N–H and O–H groups in total.